The third kappa shape index (κ3) is 7.59. The maximum atomic E-state index is 13.9. The zero-order valence-electron chi connectivity index (χ0n) is 24.7. The Balaban J connectivity index is 1.43. The van der Waals surface area contributed by atoms with Crippen molar-refractivity contribution in [1.82, 2.24) is 25.1 Å². The van der Waals surface area contributed by atoms with E-state index in [-0.39, 0.29) is 17.9 Å². The van der Waals surface area contributed by atoms with Gasteiger partial charge in [-0.05, 0) is 56.2 Å². The Bertz CT molecular complexity index is 1150. The molecule has 4 rings (SSSR count). The van der Waals surface area contributed by atoms with Gasteiger partial charge in [-0.2, -0.15) is 0 Å². The molecule has 224 valence electrons. The molecule has 2 aromatic rings. The Morgan fingerprint density at radius 3 is 2.41 bits per heavy atom. The van der Waals surface area contributed by atoms with Gasteiger partial charge in [0.05, 0.1) is 25.5 Å². The standard InChI is InChI=1S/C31H45N5O5/c1-4-41-29(38)31(24-8-6-5-7-9-24)15-18-36(19-16-31)28(37)27(20-23-10-12-26(40-3)13-11-23)34-30(39)33-17-14-25-21-32-22-35(25)2/h10-13,21-22,24,27H,4-9,14-20H2,1-3H3,(H2,33,34,39). The van der Waals surface area contributed by atoms with Gasteiger partial charge in [-0.3, -0.25) is 9.59 Å². The van der Waals surface area contributed by atoms with Gasteiger partial charge in [0, 0.05) is 51.4 Å². The number of amides is 3. The molecule has 1 aliphatic heterocycles. The van der Waals surface area contributed by atoms with Crippen LogP contribution in [0.15, 0.2) is 36.8 Å². The van der Waals surface area contributed by atoms with Crippen LogP contribution in [0.3, 0.4) is 0 Å². The van der Waals surface area contributed by atoms with Gasteiger partial charge in [0.2, 0.25) is 5.91 Å². The van der Waals surface area contributed by atoms with E-state index < -0.39 is 11.5 Å². The molecule has 1 aromatic carbocycles. The number of carbonyl (C=O) groups is 3. The zero-order valence-corrected chi connectivity index (χ0v) is 24.7. The zero-order chi connectivity index (χ0) is 29.2. The molecule has 0 spiro atoms. The third-order valence-electron chi connectivity index (χ3n) is 8.82. The molecule has 1 atom stereocenters. The number of esters is 1. The highest BCUT2D eigenvalue weighted by Gasteiger charge is 2.49. The van der Waals surface area contributed by atoms with Crippen molar-refractivity contribution in [2.75, 3.05) is 33.4 Å². The molecule has 0 radical (unpaired) electrons. The number of nitrogens with one attached hydrogen (secondary N) is 2. The highest BCUT2D eigenvalue weighted by Crippen LogP contribution is 2.47. The second-order valence-corrected chi connectivity index (χ2v) is 11.3. The predicted octanol–water partition coefficient (Wildman–Crippen LogP) is 3.63. The van der Waals surface area contributed by atoms with E-state index >= 15 is 0 Å². The first-order chi connectivity index (χ1) is 19.9. The molecule has 2 N–H and O–H groups in total. The van der Waals surface area contributed by atoms with E-state index in [0.29, 0.717) is 57.8 Å². The lowest BCUT2D eigenvalue weighted by Crippen LogP contribution is -2.56. The summed E-state index contributed by atoms with van der Waals surface area (Å²) in [6.07, 6.45) is 11.2. The lowest BCUT2D eigenvalue weighted by Gasteiger charge is -2.46. The fourth-order valence-corrected chi connectivity index (χ4v) is 6.39. The minimum atomic E-state index is -0.745. The number of urea groups is 1. The number of carbonyl (C=O) groups excluding carboxylic acids is 3. The largest absolute Gasteiger partial charge is 0.497 e. The van der Waals surface area contributed by atoms with Crippen molar-refractivity contribution in [3.8, 4) is 5.75 Å². The quantitative estimate of drug-likeness (QED) is 0.401. The van der Waals surface area contributed by atoms with Gasteiger partial charge in [-0.15, -0.1) is 0 Å². The number of ether oxygens (including phenoxy) is 2. The van der Waals surface area contributed by atoms with Gasteiger partial charge >= 0.3 is 12.0 Å². The summed E-state index contributed by atoms with van der Waals surface area (Å²) in [6.45, 7) is 3.57. The topological polar surface area (TPSA) is 115 Å². The second kappa shape index (κ2) is 14.4. The smallest absolute Gasteiger partial charge is 0.315 e. The van der Waals surface area contributed by atoms with Crippen molar-refractivity contribution in [2.45, 2.75) is 70.8 Å². The third-order valence-corrected chi connectivity index (χ3v) is 8.82. The molecule has 1 saturated carbocycles. The van der Waals surface area contributed by atoms with Crippen molar-refractivity contribution in [1.29, 1.82) is 0 Å². The molecule has 2 heterocycles. The Labute approximate surface area is 243 Å². The number of nitrogens with zero attached hydrogens (tertiary/aromatic N) is 3. The summed E-state index contributed by atoms with van der Waals surface area (Å²) in [7, 11) is 3.52. The van der Waals surface area contributed by atoms with Gasteiger partial charge in [0.25, 0.3) is 0 Å². The molecular formula is C31H45N5O5. The average molecular weight is 568 g/mol. The molecule has 3 amide bonds. The number of imidazole rings is 1. The van der Waals surface area contributed by atoms with Gasteiger partial charge in [-0.25, -0.2) is 9.78 Å². The maximum Gasteiger partial charge on any atom is 0.315 e. The van der Waals surface area contributed by atoms with Crippen LogP contribution in [-0.2, 0) is 34.2 Å². The number of aryl methyl sites for hydroxylation is 1. The first-order valence-corrected chi connectivity index (χ1v) is 14.9. The van der Waals surface area contributed by atoms with Crippen LogP contribution in [-0.4, -0.2) is 71.8 Å². The van der Waals surface area contributed by atoms with Crippen molar-refractivity contribution in [3.63, 3.8) is 0 Å². The van der Waals surface area contributed by atoms with Gasteiger partial charge < -0.3 is 29.6 Å². The van der Waals surface area contributed by atoms with Crippen LogP contribution in [0, 0.1) is 11.3 Å². The summed E-state index contributed by atoms with van der Waals surface area (Å²) in [6, 6.07) is 6.38. The SMILES string of the molecule is CCOC(=O)C1(C2CCCCC2)CCN(C(=O)C(Cc2ccc(OC)cc2)NC(=O)NCCc2cncn2C)CC1. The highest BCUT2D eigenvalue weighted by atomic mass is 16.5. The molecule has 10 nitrogen and oxygen atoms in total. The van der Waals surface area contributed by atoms with Crippen molar-refractivity contribution >= 4 is 17.9 Å². The van der Waals surface area contributed by atoms with Crippen molar-refractivity contribution < 1.29 is 23.9 Å². The van der Waals surface area contributed by atoms with E-state index in [4.69, 9.17) is 9.47 Å². The number of rotatable bonds is 11. The lowest BCUT2D eigenvalue weighted by atomic mass is 9.63. The van der Waals surface area contributed by atoms with Crippen LogP contribution in [0.1, 0.15) is 63.1 Å². The van der Waals surface area contributed by atoms with Crippen molar-refractivity contribution in [3.05, 3.63) is 48.0 Å². The normalized spacial score (nSPS) is 17.9. The Hall–Kier alpha value is -3.56. The Morgan fingerprint density at radius 2 is 1.80 bits per heavy atom. The molecule has 1 aliphatic carbocycles. The first-order valence-electron chi connectivity index (χ1n) is 14.9. The summed E-state index contributed by atoms with van der Waals surface area (Å²) >= 11 is 0. The summed E-state index contributed by atoms with van der Waals surface area (Å²) in [4.78, 5) is 46.0. The van der Waals surface area contributed by atoms with E-state index in [1.165, 1.54) is 6.42 Å². The Morgan fingerprint density at radius 1 is 1.10 bits per heavy atom. The van der Waals surface area contributed by atoms with Crippen molar-refractivity contribution in [2.24, 2.45) is 18.4 Å². The number of aromatic nitrogens is 2. The van der Waals surface area contributed by atoms with Gasteiger partial charge in [0.1, 0.15) is 11.8 Å². The minimum absolute atomic E-state index is 0.111. The number of likely N-dealkylation sites (tertiary alicyclic amines) is 1. The van der Waals surface area contributed by atoms with E-state index in [1.54, 1.807) is 19.6 Å². The first kappa shape index (κ1) is 30.4. The van der Waals surface area contributed by atoms with Gasteiger partial charge in [-0.1, -0.05) is 31.4 Å². The Kier molecular flexibility index (Phi) is 10.7. The summed E-state index contributed by atoms with van der Waals surface area (Å²) in [5, 5.41) is 5.81. The number of methoxy groups -OCH3 is 1. The van der Waals surface area contributed by atoms with E-state index in [1.807, 2.05) is 47.7 Å². The highest BCUT2D eigenvalue weighted by molar-refractivity contribution is 5.88. The predicted molar refractivity (Wildman–Crippen MR) is 155 cm³/mol. The number of benzene rings is 1. The van der Waals surface area contributed by atoms with Crippen LogP contribution in [0.2, 0.25) is 0 Å². The molecule has 0 bridgehead atoms. The molecule has 10 heteroatoms. The number of hydrogen-bond donors (Lipinski definition) is 2. The molecule has 1 unspecified atom stereocenters. The van der Waals surface area contributed by atoms with Gasteiger partial charge in [0.15, 0.2) is 0 Å². The fraction of sp³-hybridized carbons (Fsp3) is 0.613. The molecular weight excluding hydrogens is 522 g/mol. The molecule has 1 aromatic heterocycles. The lowest BCUT2D eigenvalue weighted by molar-refractivity contribution is -0.166. The van der Waals surface area contributed by atoms with Crippen LogP contribution in [0.5, 0.6) is 5.75 Å². The van der Waals surface area contributed by atoms with Crippen LogP contribution in [0.4, 0.5) is 4.79 Å². The molecule has 2 aliphatic rings. The van der Waals surface area contributed by atoms with Crippen LogP contribution in [0.25, 0.3) is 0 Å². The average Bonchev–Trinajstić information content (AvgIpc) is 3.41. The summed E-state index contributed by atoms with van der Waals surface area (Å²) in [5.41, 5.74) is 1.39. The number of hydrogen-bond acceptors (Lipinski definition) is 6. The molecule has 2 fully saturated rings. The maximum absolute atomic E-state index is 13.9. The molecule has 1 saturated heterocycles. The van der Waals surface area contributed by atoms with E-state index in [9.17, 15) is 14.4 Å². The second-order valence-electron chi connectivity index (χ2n) is 11.3. The number of piperidine rings is 1. The van der Waals surface area contributed by atoms with Crippen LogP contribution < -0.4 is 15.4 Å². The minimum Gasteiger partial charge on any atom is -0.497 e. The van der Waals surface area contributed by atoms with Crippen LogP contribution >= 0.6 is 0 Å². The summed E-state index contributed by atoms with van der Waals surface area (Å²) in [5.74, 6) is 0.779. The summed E-state index contributed by atoms with van der Waals surface area (Å²) < 4.78 is 12.8. The fourth-order valence-electron chi connectivity index (χ4n) is 6.39. The monoisotopic (exact) mass is 567 g/mol. The van der Waals surface area contributed by atoms with E-state index in [2.05, 4.69) is 15.6 Å². The van der Waals surface area contributed by atoms with E-state index in [0.717, 1.165) is 42.7 Å². The molecule has 41 heavy (non-hydrogen) atoms.